The second-order valence-corrected chi connectivity index (χ2v) is 8.31. The summed E-state index contributed by atoms with van der Waals surface area (Å²) in [5.74, 6) is 0.842. The number of hydrogen-bond acceptors (Lipinski definition) is 2. The predicted octanol–water partition coefficient (Wildman–Crippen LogP) is 2.94. The molecule has 0 aliphatic heterocycles. The van der Waals surface area contributed by atoms with Crippen molar-refractivity contribution in [1.29, 1.82) is 0 Å². The van der Waals surface area contributed by atoms with Gasteiger partial charge in [0.05, 0.1) is 11.7 Å². The molecule has 136 valence electrons. The van der Waals surface area contributed by atoms with Crippen LogP contribution in [0.25, 0.3) is 5.69 Å². The Labute approximate surface area is 156 Å². The van der Waals surface area contributed by atoms with Gasteiger partial charge in [0.1, 0.15) is 0 Å². The Morgan fingerprint density at radius 3 is 2.26 bits per heavy atom. The molecule has 5 nitrogen and oxygen atoms in total. The third kappa shape index (κ3) is 1.75. The van der Waals surface area contributed by atoms with Gasteiger partial charge in [-0.3, -0.25) is 0 Å². The largest absolute Gasteiger partial charge is 0.352 e. The molecule has 2 fully saturated rings. The van der Waals surface area contributed by atoms with Gasteiger partial charge < -0.3 is 0 Å². The van der Waals surface area contributed by atoms with Gasteiger partial charge in [0.2, 0.25) is 0 Å². The van der Waals surface area contributed by atoms with Crippen molar-refractivity contribution in [3.05, 3.63) is 86.7 Å². The Morgan fingerprint density at radius 1 is 0.889 bits per heavy atom. The number of rotatable bonds is 2. The maximum absolute atomic E-state index is 13.4. The predicted molar refractivity (Wildman–Crippen MR) is 103 cm³/mol. The van der Waals surface area contributed by atoms with E-state index in [2.05, 4.69) is 24.3 Å². The highest BCUT2D eigenvalue weighted by molar-refractivity contribution is 5.47. The van der Waals surface area contributed by atoms with E-state index in [1.54, 1.807) is 16.4 Å². The van der Waals surface area contributed by atoms with Crippen LogP contribution in [0.2, 0.25) is 0 Å². The minimum atomic E-state index is -0.266. The monoisotopic (exact) mass is 359 g/mol. The molecule has 5 heteroatoms. The van der Waals surface area contributed by atoms with E-state index >= 15 is 0 Å². The Hall–Kier alpha value is -2.82. The summed E-state index contributed by atoms with van der Waals surface area (Å²) < 4.78 is 4.63. The van der Waals surface area contributed by atoms with Crippen molar-refractivity contribution >= 4 is 0 Å². The van der Waals surface area contributed by atoms with Gasteiger partial charge >= 0.3 is 11.4 Å². The molecule has 0 saturated heterocycles. The summed E-state index contributed by atoms with van der Waals surface area (Å²) in [6.07, 6.45) is 3.38. The fourth-order valence-corrected chi connectivity index (χ4v) is 5.98. The maximum Gasteiger partial charge on any atom is 0.352 e. The van der Waals surface area contributed by atoms with Crippen molar-refractivity contribution in [2.24, 2.45) is 12.5 Å². The van der Waals surface area contributed by atoms with Crippen molar-refractivity contribution in [2.45, 2.75) is 37.1 Å². The lowest BCUT2D eigenvalue weighted by Crippen LogP contribution is -2.37. The summed E-state index contributed by atoms with van der Waals surface area (Å²) in [6, 6.07) is 18.0. The quantitative estimate of drug-likeness (QED) is 0.706. The minimum Gasteiger partial charge on any atom is -0.246 e. The first-order chi connectivity index (χ1) is 13.1. The third-order valence-electron chi connectivity index (χ3n) is 7.21. The third-order valence-corrected chi connectivity index (χ3v) is 7.21. The summed E-state index contributed by atoms with van der Waals surface area (Å²) in [6.45, 7) is 0. The smallest absolute Gasteiger partial charge is 0.246 e. The lowest BCUT2D eigenvalue weighted by molar-refractivity contribution is 0.245. The average molecular weight is 359 g/mol. The van der Waals surface area contributed by atoms with Crippen LogP contribution in [0.1, 0.15) is 48.3 Å². The van der Waals surface area contributed by atoms with E-state index in [-0.39, 0.29) is 22.8 Å². The Kier molecular flexibility index (Phi) is 2.78. The van der Waals surface area contributed by atoms with Crippen LogP contribution in [0.3, 0.4) is 0 Å². The van der Waals surface area contributed by atoms with E-state index in [1.807, 2.05) is 30.3 Å². The van der Waals surface area contributed by atoms with Crippen molar-refractivity contribution in [3.63, 3.8) is 0 Å². The van der Waals surface area contributed by atoms with Crippen molar-refractivity contribution in [1.82, 2.24) is 13.9 Å². The number of fused-ring (bicyclic) bond motifs is 6. The molecular weight excluding hydrogens is 338 g/mol. The molecule has 1 aromatic heterocycles. The highest BCUT2D eigenvalue weighted by Crippen LogP contribution is 2.76. The van der Waals surface area contributed by atoms with Crippen LogP contribution in [0.5, 0.6) is 0 Å². The number of benzene rings is 2. The number of aromatic nitrogens is 3. The van der Waals surface area contributed by atoms with Gasteiger partial charge in [-0.1, -0.05) is 42.5 Å². The number of hydrogen-bond donors (Lipinski definition) is 0. The molecule has 27 heavy (non-hydrogen) atoms. The normalized spacial score (nSPS) is 26.5. The Balaban J connectivity index is 1.58. The van der Waals surface area contributed by atoms with Gasteiger partial charge in [0.25, 0.3) is 0 Å². The van der Waals surface area contributed by atoms with Crippen LogP contribution < -0.4 is 11.4 Å². The second kappa shape index (κ2) is 4.91. The SMILES string of the molecule is Cn1c(=O)n(-c2ccccc2)c(=O)n1[C@@H]1[C@H]2C[C@H](c3ccccc32)C12CC2. The fourth-order valence-electron chi connectivity index (χ4n) is 5.98. The molecule has 3 atom stereocenters. The molecule has 3 aromatic rings. The van der Waals surface area contributed by atoms with Crippen molar-refractivity contribution < 1.29 is 0 Å². The fraction of sp³-hybridized carbons (Fsp3) is 0.364. The number of nitrogens with zero attached hydrogens (tertiary/aromatic N) is 3. The first kappa shape index (κ1) is 15.3. The van der Waals surface area contributed by atoms with Crippen LogP contribution in [-0.2, 0) is 7.05 Å². The molecule has 1 spiro atoms. The second-order valence-electron chi connectivity index (χ2n) is 8.31. The molecule has 2 aromatic carbocycles. The molecule has 2 bridgehead atoms. The lowest BCUT2D eigenvalue weighted by atomic mass is 9.77. The molecule has 0 N–H and O–H groups in total. The van der Waals surface area contributed by atoms with E-state index in [0.29, 0.717) is 17.5 Å². The van der Waals surface area contributed by atoms with E-state index in [9.17, 15) is 9.59 Å². The molecule has 3 aliphatic carbocycles. The molecule has 3 aliphatic rings. The van der Waals surface area contributed by atoms with Gasteiger partial charge in [-0.15, -0.1) is 0 Å². The maximum atomic E-state index is 13.4. The average Bonchev–Trinajstić information content (AvgIpc) is 3.22. The lowest BCUT2D eigenvalue weighted by Gasteiger charge is -2.33. The van der Waals surface area contributed by atoms with Gasteiger partial charge in [0, 0.05) is 18.4 Å². The molecule has 2 saturated carbocycles. The Morgan fingerprint density at radius 2 is 1.56 bits per heavy atom. The van der Waals surface area contributed by atoms with Crippen LogP contribution >= 0.6 is 0 Å². The van der Waals surface area contributed by atoms with Crippen LogP contribution in [-0.4, -0.2) is 13.9 Å². The molecule has 0 unspecified atom stereocenters. The summed E-state index contributed by atoms with van der Waals surface area (Å²) in [7, 11) is 1.73. The first-order valence-corrected chi connectivity index (χ1v) is 9.68. The van der Waals surface area contributed by atoms with Crippen LogP contribution in [0.15, 0.2) is 64.2 Å². The van der Waals surface area contributed by atoms with Crippen LogP contribution in [0, 0.1) is 5.41 Å². The zero-order chi connectivity index (χ0) is 18.3. The molecular formula is C22H21N3O2. The molecule has 0 amide bonds. The van der Waals surface area contributed by atoms with Crippen molar-refractivity contribution in [3.8, 4) is 5.69 Å². The molecule has 6 rings (SSSR count). The topological polar surface area (TPSA) is 48.9 Å². The van der Waals surface area contributed by atoms with Gasteiger partial charge in [0.15, 0.2) is 0 Å². The van der Waals surface area contributed by atoms with Crippen molar-refractivity contribution in [2.75, 3.05) is 0 Å². The summed E-state index contributed by atoms with van der Waals surface area (Å²) in [5.41, 5.74) is 3.15. The van der Waals surface area contributed by atoms with E-state index in [1.165, 1.54) is 15.7 Å². The molecule has 1 heterocycles. The highest BCUT2D eigenvalue weighted by atomic mass is 16.2. The summed E-state index contributed by atoms with van der Waals surface area (Å²) >= 11 is 0. The zero-order valence-electron chi connectivity index (χ0n) is 15.2. The van der Waals surface area contributed by atoms with Crippen LogP contribution in [0.4, 0.5) is 0 Å². The minimum absolute atomic E-state index is 0.0764. The zero-order valence-corrected chi connectivity index (χ0v) is 15.2. The number of para-hydroxylation sites is 1. The Bertz CT molecular complexity index is 1180. The molecule has 0 radical (unpaired) electrons. The van der Waals surface area contributed by atoms with Gasteiger partial charge in [-0.05, 0) is 48.4 Å². The van der Waals surface area contributed by atoms with E-state index < -0.39 is 0 Å². The van der Waals surface area contributed by atoms with Gasteiger partial charge in [-0.2, -0.15) is 0 Å². The summed E-state index contributed by atoms with van der Waals surface area (Å²) in [4.78, 5) is 26.4. The van der Waals surface area contributed by atoms with Gasteiger partial charge in [-0.25, -0.2) is 23.5 Å². The first-order valence-electron chi connectivity index (χ1n) is 9.68. The van der Waals surface area contributed by atoms with E-state index in [0.717, 1.165) is 19.3 Å². The highest BCUT2D eigenvalue weighted by Gasteiger charge is 2.67. The standard InChI is InChI=1S/C22H21N3O2/c1-23-20(26)24(14-7-3-2-4-8-14)21(27)25(23)19-17-13-18(22(19)11-12-22)16-10-6-5-9-15(16)17/h2-10,17-19H,11-13H2,1H3/t17-,18+,19+/m0/s1. The van der Waals surface area contributed by atoms with E-state index in [4.69, 9.17) is 0 Å². The summed E-state index contributed by atoms with van der Waals surface area (Å²) in [5, 5.41) is 0.